The van der Waals surface area contributed by atoms with E-state index in [1.54, 1.807) is 23.0 Å². The first kappa shape index (κ1) is 21.8. The van der Waals surface area contributed by atoms with Crippen molar-refractivity contribution < 1.29 is 14.3 Å². The first-order chi connectivity index (χ1) is 16.5. The maximum absolute atomic E-state index is 12.9. The number of benzene rings is 3. The third-order valence-corrected chi connectivity index (χ3v) is 6.13. The van der Waals surface area contributed by atoms with Crippen molar-refractivity contribution >= 4 is 28.3 Å². The standard InChI is InChI=1S/C26H27N5O3/c1-5-30(6-2)19-8-9-23(17(4)11-19)31-28-21-12-16(3)20(14-22(21)29-31)27-26(32)18-7-10-24-25(13-18)34-15-33-24/h7-14H,5-6,15H2,1-4H3,(H,27,32). The molecule has 174 valence electrons. The van der Waals surface area contributed by atoms with Crippen molar-refractivity contribution in [2.45, 2.75) is 27.7 Å². The monoisotopic (exact) mass is 457 g/mol. The van der Waals surface area contributed by atoms with Crippen LogP contribution >= 0.6 is 0 Å². The molecule has 0 atom stereocenters. The molecule has 8 nitrogen and oxygen atoms in total. The second-order valence-corrected chi connectivity index (χ2v) is 8.31. The summed E-state index contributed by atoms with van der Waals surface area (Å²) in [4.78, 5) is 16.8. The summed E-state index contributed by atoms with van der Waals surface area (Å²) in [5.41, 5.74) is 6.78. The lowest BCUT2D eigenvalue weighted by Crippen LogP contribution is -2.21. The van der Waals surface area contributed by atoms with Crippen molar-refractivity contribution in [1.82, 2.24) is 15.0 Å². The van der Waals surface area contributed by atoms with Crippen molar-refractivity contribution in [1.29, 1.82) is 0 Å². The summed E-state index contributed by atoms with van der Waals surface area (Å²) in [6.45, 7) is 10.4. The minimum absolute atomic E-state index is 0.170. The molecule has 0 aliphatic carbocycles. The van der Waals surface area contributed by atoms with Gasteiger partial charge in [-0.2, -0.15) is 4.80 Å². The average Bonchev–Trinajstić information content (AvgIpc) is 3.46. The highest BCUT2D eigenvalue weighted by Gasteiger charge is 2.18. The minimum Gasteiger partial charge on any atom is -0.454 e. The molecule has 1 N–H and O–H groups in total. The molecule has 0 saturated carbocycles. The number of hydrogen-bond acceptors (Lipinski definition) is 6. The van der Waals surface area contributed by atoms with Crippen LogP contribution in [0.15, 0.2) is 48.5 Å². The Morgan fingerprint density at radius 3 is 2.41 bits per heavy atom. The molecule has 1 aliphatic rings. The molecule has 5 rings (SSSR count). The molecule has 0 fully saturated rings. The Kier molecular flexibility index (Phi) is 5.57. The van der Waals surface area contributed by atoms with Crippen LogP contribution in [-0.4, -0.2) is 40.8 Å². The zero-order chi connectivity index (χ0) is 23.8. The van der Waals surface area contributed by atoms with E-state index in [0.29, 0.717) is 28.3 Å². The van der Waals surface area contributed by atoms with Gasteiger partial charge in [-0.3, -0.25) is 4.79 Å². The van der Waals surface area contributed by atoms with Crippen molar-refractivity contribution in [2.75, 3.05) is 30.1 Å². The van der Waals surface area contributed by atoms with Crippen LogP contribution in [0.5, 0.6) is 11.5 Å². The molecular weight excluding hydrogens is 430 g/mol. The predicted molar refractivity (Wildman–Crippen MR) is 132 cm³/mol. The Bertz CT molecular complexity index is 1390. The van der Waals surface area contributed by atoms with Gasteiger partial charge in [0.25, 0.3) is 5.91 Å². The number of aromatic nitrogens is 3. The fourth-order valence-corrected chi connectivity index (χ4v) is 4.19. The van der Waals surface area contributed by atoms with Gasteiger partial charge in [-0.25, -0.2) is 0 Å². The molecule has 3 aromatic carbocycles. The van der Waals surface area contributed by atoms with E-state index in [4.69, 9.17) is 14.6 Å². The molecule has 34 heavy (non-hydrogen) atoms. The maximum atomic E-state index is 12.9. The van der Waals surface area contributed by atoms with Crippen LogP contribution in [0, 0.1) is 13.8 Å². The Balaban J connectivity index is 1.42. The summed E-state index contributed by atoms with van der Waals surface area (Å²) in [5.74, 6) is 0.993. The lowest BCUT2D eigenvalue weighted by molar-refractivity contribution is 0.102. The highest BCUT2D eigenvalue weighted by Crippen LogP contribution is 2.33. The molecule has 1 amide bonds. The number of nitrogens with zero attached hydrogens (tertiary/aromatic N) is 4. The number of anilines is 2. The minimum atomic E-state index is -0.226. The average molecular weight is 458 g/mol. The molecule has 8 heteroatoms. The Hall–Kier alpha value is -4.07. The predicted octanol–water partition coefficient (Wildman–Crippen LogP) is 4.86. The van der Waals surface area contributed by atoms with Crippen LogP contribution in [0.1, 0.15) is 35.3 Å². The van der Waals surface area contributed by atoms with Crippen LogP contribution < -0.4 is 19.7 Å². The second-order valence-electron chi connectivity index (χ2n) is 8.31. The Morgan fingerprint density at radius 2 is 1.68 bits per heavy atom. The van der Waals surface area contributed by atoms with Gasteiger partial charge in [-0.15, -0.1) is 10.2 Å². The van der Waals surface area contributed by atoms with Gasteiger partial charge in [-0.05, 0) is 87.4 Å². The topological polar surface area (TPSA) is 81.5 Å². The quantitative estimate of drug-likeness (QED) is 0.445. The summed E-state index contributed by atoms with van der Waals surface area (Å²) in [5, 5.41) is 12.4. The van der Waals surface area contributed by atoms with Crippen LogP contribution in [0.2, 0.25) is 0 Å². The van der Waals surface area contributed by atoms with E-state index < -0.39 is 0 Å². The van der Waals surface area contributed by atoms with Gasteiger partial charge in [0.1, 0.15) is 11.0 Å². The first-order valence-electron chi connectivity index (χ1n) is 11.4. The second kappa shape index (κ2) is 8.70. The molecular formula is C26H27N5O3. The zero-order valence-corrected chi connectivity index (χ0v) is 19.8. The Morgan fingerprint density at radius 1 is 0.941 bits per heavy atom. The van der Waals surface area contributed by atoms with Gasteiger partial charge < -0.3 is 19.7 Å². The number of amides is 1. The lowest BCUT2D eigenvalue weighted by atomic mass is 10.1. The summed E-state index contributed by atoms with van der Waals surface area (Å²) in [6.07, 6.45) is 0. The van der Waals surface area contributed by atoms with Crippen molar-refractivity contribution in [3.63, 3.8) is 0 Å². The first-order valence-corrected chi connectivity index (χ1v) is 11.4. The summed E-state index contributed by atoms with van der Waals surface area (Å²) in [6, 6.07) is 15.3. The maximum Gasteiger partial charge on any atom is 0.255 e. The van der Waals surface area contributed by atoms with E-state index in [9.17, 15) is 4.79 Å². The van der Waals surface area contributed by atoms with E-state index in [-0.39, 0.29) is 12.7 Å². The lowest BCUT2D eigenvalue weighted by Gasteiger charge is -2.22. The van der Waals surface area contributed by atoms with Crippen LogP contribution in [0.25, 0.3) is 16.7 Å². The van der Waals surface area contributed by atoms with Crippen molar-refractivity contribution in [3.05, 3.63) is 65.2 Å². The van der Waals surface area contributed by atoms with Crippen LogP contribution in [0.4, 0.5) is 11.4 Å². The van der Waals surface area contributed by atoms with Crippen LogP contribution in [-0.2, 0) is 0 Å². The number of ether oxygens (including phenoxy) is 2. The number of hydrogen-bond donors (Lipinski definition) is 1. The number of carbonyl (C=O) groups excluding carboxylic acids is 1. The summed E-state index contributed by atoms with van der Waals surface area (Å²) >= 11 is 0. The van der Waals surface area contributed by atoms with Gasteiger partial charge in [0.2, 0.25) is 6.79 Å². The van der Waals surface area contributed by atoms with Gasteiger partial charge in [0.05, 0.1) is 5.69 Å². The highest BCUT2D eigenvalue weighted by molar-refractivity contribution is 6.05. The summed E-state index contributed by atoms with van der Waals surface area (Å²) < 4.78 is 10.7. The van der Waals surface area contributed by atoms with Crippen molar-refractivity contribution in [2.24, 2.45) is 0 Å². The number of fused-ring (bicyclic) bond motifs is 2. The summed E-state index contributed by atoms with van der Waals surface area (Å²) in [7, 11) is 0. The van der Waals surface area contributed by atoms with E-state index in [2.05, 4.69) is 54.3 Å². The Labute approximate surface area is 198 Å². The molecule has 0 bridgehead atoms. The SMILES string of the molecule is CCN(CC)c1ccc(-n2nc3cc(C)c(NC(=O)c4ccc5c(c4)OCO5)cc3n2)c(C)c1. The van der Waals surface area contributed by atoms with Crippen molar-refractivity contribution in [3.8, 4) is 17.2 Å². The van der Waals surface area contributed by atoms with Gasteiger partial charge in [0.15, 0.2) is 11.5 Å². The van der Waals surface area contributed by atoms with E-state index in [1.165, 1.54) is 5.69 Å². The third kappa shape index (κ3) is 3.91. The molecule has 0 unspecified atom stereocenters. The largest absolute Gasteiger partial charge is 0.454 e. The number of carbonyl (C=O) groups is 1. The van der Waals surface area contributed by atoms with Gasteiger partial charge >= 0.3 is 0 Å². The number of rotatable bonds is 6. The zero-order valence-electron chi connectivity index (χ0n) is 19.8. The molecule has 1 aliphatic heterocycles. The molecule has 0 spiro atoms. The van der Waals surface area contributed by atoms with E-state index in [1.807, 2.05) is 19.1 Å². The molecule has 0 radical (unpaired) electrons. The van der Waals surface area contributed by atoms with Crippen LogP contribution in [0.3, 0.4) is 0 Å². The van der Waals surface area contributed by atoms with Gasteiger partial charge in [0, 0.05) is 30.0 Å². The fraction of sp³-hybridized carbons (Fsp3) is 0.269. The molecule has 4 aromatic rings. The molecule has 2 heterocycles. The molecule has 0 saturated heterocycles. The van der Waals surface area contributed by atoms with E-state index >= 15 is 0 Å². The van der Waals surface area contributed by atoms with Gasteiger partial charge in [-0.1, -0.05) is 0 Å². The number of aryl methyl sites for hydroxylation is 2. The fourth-order valence-electron chi connectivity index (χ4n) is 4.19. The normalized spacial score (nSPS) is 12.2. The molecule has 1 aromatic heterocycles. The van der Waals surface area contributed by atoms with E-state index in [0.717, 1.165) is 35.4 Å². The smallest absolute Gasteiger partial charge is 0.255 e. The third-order valence-electron chi connectivity index (χ3n) is 6.13. The highest BCUT2D eigenvalue weighted by atomic mass is 16.7. The number of nitrogens with one attached hydrogen (secondary N) is 1.